The number of nitrogens with one attached hydrogen (secondary N) is 1. The quantitative estimate of drug-likeness (QED) is 0.757. The highest BCUT2D eigenvalue weighted by molar-refractivity contribution is 6.00. The van der Waals surface area contributed by atoms with Crippen molar-refractivity contribution in [3.8, 4) is 5.75 Å². The molecule has 4 rings (SSSR count). The van der Waals surface area contributed by atoms with E-state index in [0.29, 0.717) is 11.1 Å². The Morgan fingerprint density at radius 3 is 2.92 bits per heavy atom. The fourth-order valence-corrected chi connectivity index (χ4v) is 3.63. The molecular formula is C20H22N4O2. The van der Waals surface area contributed by atoms with E-state index in [1.165, 1.54) is 11.6 Å². The predicted octanol–water partition coefficient (Wildman–Crippen LogP) is 2.28. The minimum atomic E-state index is -0.155. The number of hydrogen-bond acceptors (Lipinski definition) is 4. The molecule has 1 fully saturated rings. The van der Waals surface area contributed by atoms with E-state index in [4.69, 9.17) is 0 Å². The number of hydrogen-bond donors (Lipinski definition) is 2. The van der Waals surface area contributed by atoms with Crippen molar-refractivity contribution in [2.45, 2.75) is 19.0 Å². The largest absolute Gasteiger partial charge is 0.506 e. The van der Waals surface area contributed by atoms with Crippen LogP contribution in [0.15, 0.2) is 48.7 Å². The molecule has 1 aromatic heterocycles. The molecule has 134 valence electrons. The summed E-state index contributed by atoms with van der Waals surface area (Å²) >= 11 is 0. The standard InChI is InChI=1S/C20H22N4O2/c1-23-19-16(11-21-23)9-15(10-18(19)25)20(26)22-17-7-8-24(13-17)12-14-5-3-2-4-6-14/h2-6,9-11,17,25H,7-8,12-13H2,1H3,(H,22,26). The molecule has 2 aromatic carbocycles. The third-order valence-corrected chi connectivity index (χ3v) is 4.93. The van der Waals surface area contributed by atoms with Crippen LogP contribution >= 0.6 is 0 Å². The number of carbonyl (C=O) groups is 1. The number of aryl methyl sites for hydroxylation is 1. The molecule has 0 saturated carbocycles. The maximum absolute atomic E-state index is 12.6. The Balaban J connectivity index is 1.41. The minimum absolute atomic E-state index is 0.0739. The second-order valence-electron chi connectivity index (χ2n) is 6.88. The van der Waals surface area contributed by atoms with E-state index in [9.17, 15) is 9.90 Å². The SMILES string of the molecule is Cn1ncc2cc(C(=O)NC3CCN(Cc4ccccc4)C3)cc(O)c21. The highest BCUT2D eigenvalue weighted by Crippen LogP contribution is 2.26. The normalized spacial score (nSPS) is 17.7. The zero-order valence-corrected chi connectivity index (χ0v) is 14.7. The first-order valence-electron chi connectivity index (χ1n) is 8.82. The van der Waals surface area contributed by atoms with Gasteiger partial charge in [-0.25, -0.2) is 0 Å². The van der Waals surface area contributed by atoms with Gasteiger partial charge in [0.25, 0.3) is 5.91 Å². The fourth-order valence-electron chi connectivity index (χ4n) is 3.63. The van der Waals surface area contributed by atoms with Gasteiger partial charge >= 0.3 is 0 Å². The molecule has 2 N–H and O–H groups in total. The number of aromatic nitrogens is 2. The Morgan fingerprint density at radius 2 is 2.12 bits per heavy atom. The van der Waals surface area contributed by atoms with Crippen LogP contribution in [-0.4, -0.2) is 44.8 Å². The van der Waals surface area contributed by atoms with Crippen molar-refractivity contribution in [1.29, 1.82) is 0 Å². The number of aromatic hydroxyl groups is 1. The van der Waals surface area contributed by atoms with Crippen molar-refractivity contribution in [1.82, 2.24) is 20.0 Å². The second kappa shape index (κ2) is 6.80. The Kier molecular flexibility index (Phi) is 4.34. The first kappa shape index (κ1) is 16.6. The predicted molar refractivity (Wildman–Crippen MR) is 100.0 cm³/mol. The summed E-state index contributed by atoms with van der Waals surface area (Å²) in [5.41, 5.74) is 2.38. The zero-order valence-electron chi connectivity index (χ0n) is 14.7. The molecule has 1 aliphatic rings. The van der Waals surface area contributed by atoms with Gasteiger partial charge in [-0.05, 0) is 24.1 Å². The number of amides is 1. The van der Waals surface area contributed by atoms with Gasteiger partial charge in [0.2, 0.25) is 0 Å². The second-order valence-corrected chi connectivity index (χ2v) is 6.88. The third-order valence-electron chi connectivity index (χ3n) is 4.93. The molecule has 1 amide bonds. The van der Waals surface area contributed by atoms with Gasteiger partial charge in [0, 0.05) is 43.7 Å². The van der Waals surface area contributed by atoms with Gasteiger partial charge in [-0.2, -0.15) is 5.10 Å². The van der Waals surface area contributed by atoms with Gasteiger partial charge < -0.3 is 10.4 Å². The molecule has 1 atom stereocenters. The van der Waals surface area contributed by atoms with E-state index >= 15 is 0 Å². The Bertz CT molecular complexity index is 936. The molecule has 26 heavy (non-hydrogen) atoms. The molecule has 0 spiro atoms. The Labute approximate surface area is 152 Å². The van der Waals surface area contributed by atoms with E-state index in [1.807, 2.05) is 18.2 Å². The molecule has 2 heterocycles. The van der Waals surface area contributed by atoms with Crippen LogP contribution in [0.5, 0.6) is 5.75 Å². The summed E-state index contributed by atoms with van der Waals surface area (Å²) in [4.78, 5) is 14.9. The minimum Gasteiger partial charge on any atom is -0.506 e. The monoisotopic (exact) mass is 350 g/mol. The van der Waals surface area contributed by atoms with Crippen molar-refractivity contribution in [3.63, 3.8) is 0 Å². The molecular weight excluding hydrogens is 328 g/mol. The molecule has 1 aliphatic heterocycles. The lowest BCUT2D eigenvalue weighted by atomic mass is 10.1. The maximum atomic E-state index is 12.6. The zero-order chi connectivity index (χ0) is 18.1. The van der Waals surface area contributed by atoms with Crippen LogP contribution in [-0.2, 0) is 13.6 Å². The summed E-state index contributed by atoms with van der Waals surface area (Å²) in [6.07, 6.45) is 2.59. The molecule has 0 bridgehead atoms. The van der Waals surface area contributed by atoms with Crippen LogP contribution in [0.3, 0.4) is 0 Å². The molecule has 1 saturated heterocycles. The molecule has 1 unspecified atom stereocenters. The van der Waals surface area contributed by atoms with Crippen molar-refractivity contribution in [2.24, 2.45) is 7.05 Å². The average Bonchev–Trinajstić information content (AvgIpc) is 3.22. The van der Waals surface area contributed by atoms with Gasteiger partial charge in [-0.3, -0.25) is 14.4 Å². The Hall–Kier alpha value is -2.86. The smallest absolute Gasteiger partial charge is 0.251 e. The maximum Gasteiger partial charge on any atom is 0.251 e. The lowest BCUT2D eigenvalue weighted by Gasteiger charge is -2.17. The van der Waals surface area contributed by atoms with Crippen molar-refractivity contribution >= 4 is 16.8 Å². The van der Waals surface area contributed by atoms with Crippen LogP contribution in [0.2, 0.25) is 0 Å². The first-order valence-corrected chi connectivity index (χ1v) is 8.82. The van der Waals surface area contributed by atoms with E-state index in [0.717, 1.165) is 31.4 Å². The van der Waals surface area contributed by atoms with Crippen LogP contribution < -0.4 is 5.32 Å². The van der Waals surface area contributed by atoms with E-state index < -0.39 is 0 Å². The van der Waals surface area contributed by atoms with Crippen molar-refractivity contribution < 1.29 is 9.90 Å². The van der Waals surface area contributed by atoms with E-state index in [1.54, 1.807) is 24.0 Å². The highest BCUT2D eigenvalue weighted by Gasteiger charge is 2.24. The topological polar surface area (TPSA) is 70.4 Å². The summed E-state index contributed by atoms with van der Waals surface area (Å²) in [6, 6.07) is 13.8. The van der Waals surface area contributed by atoms with Crippen LogP contribution in [0.25, 0.3) is 10.9 Å². The van der Waals surface area contributed by atoms with Crippen LogP contribution in [0.1, 0.15) is 22.3 Å². The summed E-state index contributed by atoms with van der Waals surface area (Å²) in [7, 11) is 1.77. The number of phenols is 1. The number of phenolic OH excluding ortho intramolecular Hbond substituents is 1. The number of carbonyl (C=O) groups excluding carboxylic acids is 1. The molecule has 0 aliphatic carbocycles. The number of fused-ring (bicyclic) bond motifs is 1. The number of nitrogens with zero attached hydrogens (tertiary/aromatic N) is 3. The molecule has 3 aromatic rings. The molecule has 6 nitrogen and oxygen atoms in total. The summed E-state index contributed by atoms with van der Waals surface area (Å²) in [6.45, 7) is 2.70. The lowest BCUT2D eigenvalue weighted by Crippen LogP contribution is -2.37. The van der Waals surface area contributed by atoms with Crippen molar-refractivity contribution in [3.05, 3.63) is 59.8 Å². The lowest BCUT2D eigenvalue weighted by molar-refractivity contribution is 0.0937. The van der Waals surface area contributed by atoms with E-state index in [2.05, 4.69) is 27.4 Å². The number of likely N-dealkylation sites (tertiary alicyclic amines) is 1. The third kappa shape index (κ3) is 3.28. The number of benzene rings is 2. The molecule has 0 radical (unpaired) electrons. The van der Waals surface area contributed by atoms with Gasteiger partial charge in [-0.1, -0.05) is 30.3 Å². The van der Waals surface area contributed by atoms with Gasteiger partial charge in [0.15, 0.2) is 0 Å². The number of rotatable bonds is 4. The van der Waals surface area contributed by atoms with Crippen molar-refractivity contribution in [2.75, 3.05) is 13.1 Å². The summed E-state index contributed by atoms with van der Waals surface area (Å²) in [5.74, 6) is -0.0811. The summed E-state index contributed by atoms with van der Waals surface area (Å²) in [5, 5.41) is 18.2. The van der Waals surface area contributed by atoms with Gasteiger partial charge in [0.05, 0.1) is 6.20 Å². The van der Waals surface area contributed by atoms with Crippen LogP contribution in [0.4, 0.5) is 0 Å². The van der Waals surface area contributed by atoms with Crippen LogP contribution in [0, 0.1) is 0 Å². The average molecular weight is 350 g/mol. The van der Waals surface area contributed by atoms with Gasteiger partial charge in [0.1, 0.15) is 11.3 Å². The van der Waals surface area contributed by atoms with Gasteiger partial charge in [-0.15, -0.1) is 0 Å². The first-order chi connectivity index (χ1) is 12.6. The Morgan fingerprint density at radius 1 is 1.31 bits per heavy atom. The highest BCUT2D eigenvalue weighted by atomic mass is 16.3. The summed E-state index contributed by atoms with van der Waals surface area (Å²) < 4.78 is 1.60. The fraction of sp³-hybridized carbons (Fsp3) is 0.300. The van der Waals surface area contributed by atoms with E-state index in [-0.39, 0.29) is 17.7 Å². The molecule has 6 heteroatoms.